The fourth-order valence-electron chi connectivity index (χ4n) is 5.12. The lowest BCUT2D eigenvalue weighted by Crippen LogP contribution is -2.13. The van der Waals surface area contributed by atoms with Gasteiger partial charge in [0.25, 0.3) is 0 Å². The van der Waals surface area contributed by atoms with Crippen LogP contribution in [0.4, 0.5) is 0 Å². The van der Waals surface area contributed by atoms with Crippen LogP contribution in [-0.2, 0) is 6.42 Å². The first-order valence-electron chi connectivity index (χ1n) is 12.3. The fraction of sp³-hybridized carbons (Fsp3) is 0.643. The minimum atomic E-state index is 0.796. The lowest BCUT2D eigenvalue weighted by molar-refractivity contribution is 0.303. The second-order valence-corrected chi connectivity index (χ2v) is 9.32. The molecular formula is C28H42. The zero-order chi connectivity index (χ0) is 19.6. The zero-order valence-corrected chi connectivity index (χ0v) is 18.5. The summed E-state index contributed by atoms with van der Waals surface area (Å²) < 4.78 is 0. The molecule has 0 nitrogen and oxygen atoms in total. The smallest absolute Gasteiger partial charge is 0.0162 e. The van der Waals surface area contributed by atoms with Crippen molar-refractivity contribution >= 4 is 10.8 Å². The molecule has 3 rings (SSSR count). The largest absolute Gasteiger partial charge is 0.0654 e. The van der Waals surface area contributed by atoms with Crippen molar-refractivity contribution in [3.8, 4) is 0 Å². The van der Waals surface area contributed by atoms with Gasteiger partial charge in [0.15, 0.2) is 0 Å². The molecule has 0 spiro atoms. The van der Waals surface area contributed by atoms with E-state index in [4.69, 9.17) is 0 Å². The summed E-state index contributed by atoms with van der Waals surface area (Å²) in [6.07, 6.45) is 19.5. The van der Waals surface area contributed by atoms with E-state index < -0.39 is 0 Å². The Labute approximate surface area is 174 Å². The fourth-order valence-corrected chi connectivity index (χ4v) is 5.12. The molecule has 0 bridgehead atoms. The summed E-state index contributed by atoms with van der Waals surface area (Å²) in [4.78, 5) is 0. The molecule has 0 heterocycles. The molecule has 0 saturated heterocycles. The minimum Gasteiger partial charge on any atom is -0.0654 e. The molecule has 2 aromatic carbocycles. The van der Waals surface area contributed by atoms with Crippen LogP contribution >= 0.6 is 0 Å². The minimum absolute atomic E-state index is 0.796. The quantitative estimate of drug-likeness (QED) is 0.342. The summed E-state index contributed by atoms with van der Waals surface area (Å²) in [5.74, 6) is 1.80. The Morgan fingerprint density at radius 1 is 0.679 bits per heavy atom. The predicted octanol–water partition coefficient (Wildman–Crippen LogP) is 9.21. The molecule has 1 aliphatic carbocycles. The Bertz CT molecular complexity index is 690. The van der Waals surface area contributed by atoms with Gasteiger partial charge in [0.1, 0.15) is 0 Å². The van der Waals surface area contributed by atoms with Gasteiger partial charge in [-0.25, -0.2) is 0 Å². The molecule has 0 amide bonds. The Hall–Kier alpha value is -1.30. The Balaban J connectivity index is 1.52. The van der Waals surface area contributed by atoms with E-state index in [9.17, 15) is 0 Å². The molecule has 28 heavy (non-hydrogen) atoms. The van der Waals surface area contributed by atoms with Crippen LogP contribution in [0.3, 0.4) is 0 Å². The number of aryl methyl sites for hydroxylation is 1. The summed E-state index contributed by atoms with van der Waals surface area (Å²) in [7, 11) is 0. The van der Waals surface area contributed by atoms with Crippen LogP contribution in [0.5, 0.6) is 0 Å². The maximum atomic E-state index is 2.49. The van der Waals surface area contributed by atoms with E-state index in [1.54, 1.807) is 5.56 Å². The molecule has 2 aromatic rings. The van der Waals surface area contributed by atoms with Gasteiger partial charge in [-0.1, -0.05) is 102 Å². The van der Waals surface area contributed by atoms with Crippen LogP contribution < -0.4 is 0 Å². The van der Waals surface area contributed by atoms with Crippen molar-refractivity contribution in [1.82, 2.24) is 0 Å². The average Bonchev–Trinajstić information content (AvgIpc) is 2.74. The maximum absolute atomic E-state index is 2.49. The maximum Gasteiger partial charge on any atom is -0.0162 e. The highest BCUT2D eigenvalue weighted by molar-refractivity contribution is 5.84. The molecule has 0 N–H and O–H groups in total. The van der Waals surface area contributed by atoms with E-state index in [0.29, 0.717) is 0 Å². The molecule has 0 atom stereocenters. The molecule has 0 unspecified atom stereocenters. The first kappa shape index (κ1) is 21.4. The molecule has 154 valence electrons. The lowest BCUT2D eigenvalue weighted by atomic mass is 9.77. The normalized spacial score (nSPS) is 19.9. The number of hydrogen-bond acceptors (Lipinski definition) is 0. The van der Waals surface area contributed by atoms with Crippen molar-refractivity contribution in [1.29, 1.82) is 0 Å². The lowest BCUT2D eigenvalue weighted by Gasteiger charge is -2.29. The van der Waals surface area contributed by atoms with Gasteiger partial charge in [-0.15, -0.1) is 0 Å². The molecule has 0 heteroatoms. The standard InChI is InChI=1S/C28H42/c1-3-5-7-8-10-12-24-15-18-28-22-27(20-19-26(28)21-24)25-16-13-23(14-17-25)11-9-6-4-2/h15,18-23,25H,3-14,16-17H2,1-2H3. The number of hydrogen-bond donors (Lipinski definition) is 0. The topological polar surface area (TPSA) is 0 Å². The van der Waals surface area contributed by atoms with E-state index in [-0.39, 0.29) is 0 Å². The van der Waals surface area contributed by atoms with Gasteiger partial charge in [0.05, 0.1) is 0 Å². The number of rotatable bonds is 11. The van der Waals surface area contributed by atoms with Crippen molar-refractivity contribution in [2.75, 3.05) is 0 Å². The van der Waals surface area contributed by atoms with Gasteiger partial charge in [-0.05, 0) is 72.3 Å². The molecule has 1 saturated carbocycles. The van der Waals surface area contributed by atoms with E-state index >= 15 is 0 Å². The van der Waals surface area contributed by atoms with E-state index in [1.165, 1.54) is 106 Å². The van der Waals surface area contributed by atoms with E-state index in [0.717, 1.165) is 11.8 Å². The van der Waals surface area contributed by atoms with Gasteiger partial charge < -0.3 is 0 Å². The monoisotopic (exact) mass is 378 g/mol. The van der Waals surface area contributed by atoms with Gasteiger partial charge in [-0.2, -0.15) is 0 Å². The molecular weight excluding hydrogens is 336 g/mol. The highest BCUT2D eigenvalue weighted by Crippen LogP contribution is 2.38. The Morgan fingerprint density at radius 3 is 2.14 bits per heavy atom. The highest BCUT2D eigenvalue weighted by Gasteiger charge is 2.22. The number of unbranched alkanes of at least 4 members (excludes halogenated alkanes) is 6. The molecule has 0 aromatic heterocycles. The van der Waals surface area contributed by atoms with Crippen LogP contribution in [0, 0.1) is 5.92 Å². The number of fused-ring (bicyclic) bond motifs is 1. The van der Waals surface area contributed by atoms with Crippen LogP contribution in [0.2, 0.25) is 0 Å². The summed E-state index contributed by atoms with van der Waals surface area (Å²) in [6, 6.07) is 14.5. The summed E-state index contributed by atoms with van der Waals surface area (Å²) in [6.45, 7) is 4.60. The van der Waals surface area contributed by atoms with Crippen molar-refractivity contribution in [2.45, 2.75) is 110 Å². The van der Waals surface area contributed by atoms with Crippen molar-refractivity contribution in [3.05, 3.63) is 47.5 Å². The van der Waals surface area contributed by atoms with Crippen LogP contribution in [0.1, 0.15) is 114 Å². The number of benzene rings is 2. The molecule has 0 aliphatic heterocycles. The summed E-state index contributed by atoms with van der Waals surface area (Å²) in [5, 5.41) is 2.88. The van der Waals surface area contributed by atoms with E-state index in [2.05, 4.69) is 50.2 Å². The third kappa shape index (κ3) is 6.36. The van der Waals surface area contributed by atoms with E-state index in [1.807, 2.05) is 0 Å². The van der Waals surface area contributed by atoms with Crippen molar-refractivity contribution < 1.29 is 0 Å². The van der Waals surface area contributed by atoms with Gasteiger partial charge in [0.2, 0.25) is 0 Å². The molecule has 1 fully saturated rings. The first-order chi connectivity index (χ1) is 13.8. The van der Waals surface area contributed by atoms with Crippen molar-refractivity contribution in [3.63, 3.8) is 0 Å². The molecule has 1 aliphatic rings. The SMILES string of the molecule is CCCCCCCc1ccc2cc(C3CCC(CCCCC)CC3)ccc2c1. The first-order valence-corrected chi connectivity index (χ1v) is 12.3. The van der Waals surface area contributed by atoms with Gasteiger partial charge in [-0.3, -0.25) is 0 Å². The van der Waals surface area contributed by atoms with Gasteiger partial charge in [0, 0.05) is 0 Å². The Morgan fingerprint density at radius 2 is 1.36 bits per heavy atom. The third-order valence-electron chi connectivity index (χ3n) is 7.03. The van der Waals surface area contributed by atoms with Crippen LogP contribution in [0.25, 0.3) is 10.8 Å². The highest BCUT2D eigenvalue weighted by atomic mass is 14.3. The van der Waals surface area contributed by atoms with Crippen molar-refractivity contribution in [2.24, 2.45) is 5.92 Å². The second kappa shape index (κ2) is 11.6. The second-order valence-electron chi connectivity index (χ2n) is 9.32. The van der Waals surface area contributed by atoms with Crippen LogP contribution in [-0.4, -0.2) is 0 Å². The van der Waals surface area contributed by atoms with Crippen LogP contribution in [0.15, 0.2) is 36.4 Å². The Kier molecular flexibility index (Phi) is 8.90. The molecule has 0 radical (unpaired) electrons. The summed E-state index contributed by atoms with van der Waals surface area (Å²) >= 11 is 0. The summed E-state index contributed by atoms with van der Waals surface area (Å²) in [5.41, 5.74) is 3.11. The zero-order valence-electron chi connectivity index (χ0n) is 18.5. The predicted molar refractivity (Wildman–Crippen MR) is 125 cm³/mol. The average molecular weight is 379 g/mol. The van der Waals surface area contributed by atoms with Gasteiger partial charge >= 0.3 is 0 Å². The third-order valence-corrected chi connectivity index (χ3v) is 7.03.